The van der Waals surface area contributed by atoms with E-state index in [0.29, 0.717) is 24.3 Å². The number of benzene rings is 2. The third-order valence-electron chi connectivity index (χ3n) is 3.77. The highest BCUT2D eigenvalue weighted by atomic mass is 19.3. The molecule has 0 aliphatic rings. The van der Waals surface area contributed by atoms with Gasteiger partial charge in [-0.2, -0.15) is 8.78 Å². The van der Waals surface area contributed by atoms with Crippen molar-refractivity contribution in [1.29, 1.82) is 0 Å². The summed E-state index contributed by atoms with van der Waals surface area (Å²) in [7, 11) is 0. The molecule has 1 N–H and O–H groups in total. The predicted molar refractivity (Wildman–Crippen MR) is 94.7 cm³/mol. The highest BCUT2D eigenvalue weighted by Crippen LogP contribution is 2.22. The lowest BCUT2D eigenvalue weighted by Gasteiger charge is -2.19. The van der Waals surface area contributed by atoms with Crippen LogP contribution in [0, 0.1) is 0 Å². The molecule has 138 valence electrons. The van der Waals surface area contributed by atoms with E-state index < -0.39 is 12.5 Å². The summed E-state index contributed by atoms with van der Waals surface area (Å²) in [6.07, 6.45) is 0. The number of para-hydroxylation sites is 1. The van der Waals surface area contributed by atoms with E-state index in [-0.39, 0.29) is 17.2 Å². The van der Waals surface area contributed by atoms with Crippen LogP contribution in [0.4, 0.5) is 14.5 Å². The van der Waals surface area contributed by atoms with Gasteiger partial charge >= 0.3 is 6.61 Å². The van der Waals surface area contributed by atoms with Crippen molar-refractivity contribution in [3.63, 3.8) is 0 Å². The minimum atomic E-state index is -3.03. The third-order valence-corrected chi connectivity index (χ3v) is 3.77. The zero-order valence-electron chi connectivity index (χ0n) is 14.5. The molecule has 5 nitrogen and oxygen atoms in total. The average molecular weight is 362 g/mol. The van der Waals surface area contributed by atoms with Crippen LogP contribution in [0.1, 0.15) is 34.6 Å². The fraction of sp³-hybridized carbons (Fsp3) is 0.263. The molecule has 2 rings (SSSR count). The Bertz CT molecular complexity index is 777. The summed E-state index contributed by atoms with van der Waals surface area (Å²) in [6, 6.07) is 12.2. The second kappa shape index (κ2) is 8.94. The number of alkyl halides is 2. The van der Waals surface area contributed by atoms with Gasteiger partial charge in [0.25, 0.3) is 11.8 Å². The van der Waals surface area contributed by atoms with Crippen molar-refractivity contribution in [1.82, 2.24) is 4.90 Å². The number of carbonyl (C=O) groups excluding carboxylic acids is 2. The normalized spacial score (nSPS) is 10.5. The Balaban J connectivity index is 2.20. The second-order valence-electron chi connectivity index (χ2n) is 5.39. The molecular weight excluding hydrogens is 342 g/mol. The van der Waals surface area contributed by atoms with Crippen molar-refractivity contribution >= 4 is 17.5 Å². The molecule has 0 saturated heterocycles. The van der Waals surface area contributed by atoms with E-state index in [2.05, 4.69) is 10.1 Å². The fourth-order valence-electron chi connectivity index (χ4n) is 2.47. The average Bonchev–Trinajstić information content (AvgIpc) is 2.62. The largest absolute Gasteiger partial charge is 0.434 e. The summed E-state index contributed by atoms with van der Waals surface area (Å²) >= 11 is 0. The van der Waals surface area contributed by atoms with Gasteiger partial charge in [-0.1, -0.05) is 18.2 Å². The van der Waals surface area contributed by atoms with Gasteiger partial charge in [0.1, 0.15) is 5.75 Å². The molecule has 0 aliphatic carbocycles. The minimum absolute atomic E-state index is 0.0201. The molecule has 0 unspecified atom stereocenters. The first-order chi connectivity index (χ1) is 12.5. The molecule has 0 saturated carbocycles. The molecular formula is C19H20F2N2O3. The number of ether oxygens (including phenoxy) is 1. The van der Waals surface area contributed by atoms with Crippen molar-refractivity contribution in [3.8, 4) is 5.75 Å². The van der Waals surface area contributed by atoms with E-state index in [1.165, 1.54) is 18.2 Å². The van der Waals surface area contributed by atoms with E-state index in [1.807, 2.05) is 13.8 Å². The Kier molecular flexibility index (Phi) is 6.66. The van der Waals surface area contributed by atoms with Gasteiger partial charge in [0.2, 0.25) is 0 Å². The monoisotopic (exact) mass is 362 g/mol. The van der Waals surface area contributed by atoms with E-state index in [4.69, 9.17) is 0 Å². The highest BCUT2D eigenvalue weighted by Gasteiger charge is 2.17. The Labute approximate surface area is 150 Å². The number of hydrogen-bond acceptors (Lipinski definition) is 3. The molecule has 0 atom stereocenters. The highest BCUT2D eigenvalue weighted by molar-refractivity contribution is 6.06. The van der Waals surface area contributed by atoms with Gasteiger partial charge in [-0.05, 0) is 44.2 Å². The molecule has 0 bridgehead atoms. The van der Waals surface area contributed by atoms with Crippen molar-refractivity contribution in [3.05, 3.63) is 59.7 Å². The van der Waals surface area contributed by atoms with Crippen molar-refractivity contribution in [2.45, 2.75) is 20.5 Å². The molecule has 26 heavy (non-hydrogen) atoms. The van der Waals surface area contributed by atoms with Gasteiger partial charge in [-0.15, -0.1) is 0 Å². The lowest BCUT2D eigenvalue weighted by molar-refractivity contribution is -0.0501. The molecule has 0 fully saturated rings. The molecule has 2 aromatic carbocycles. The SMILES string of the molecule is CCN(CC)C(=O)c1cccc(NC(=O)c2ccccc2OC(F)F)c1. The van der Waals surface area contributed by atoms with Crippen LogP contribution < -0.4 is 10.1 Å². The number of rotatable bonds is 7. The summed E-state index contributed by atoms with van der Waals surface area (Å²) < 4.78 is 29.3. The maximum atomic E-state index is 12.5. The third kappa shape index (κ3) is 4.78. The molecule has 0 radical (unpaired) electrons. The summed E-state index contributed by atoms with van der Waals surface area (Å²) in [5.74, 6) is -0.961. The van der Waals surface area contributed by atoms with Gasteiger partial charge in [-0.25, -0.2) is 0 Å². The Morgan fingerprint density at radius 2 is 1.77 bits per heavy atom. The van der Waals surface area contributed by atoms with Gasteiger partial charge < -0.3 is 15.0 Å². The summed E-state index contributed by atoms with van der Waals surface area (Å²) in [5.41, 5.74) is 0.803. The van der Waals surface area contributed by atoms with Gasteiger partial charge in [-0.3, -0.25) is 9.59 Å². The van der Waals surface area contributed by atoms with Crippen LogP contribution in [0.25, 0.3) is 0 Å². The van der Waals surface area contributed by atoms with Crippen LogP contribution in [0.3, 0.4) is 0 Å². The predicted octanol–water partition coefficient (Wildman–Crippen LogP) is 4.02. The maximum absolute atomic E-state index is 12.5. The molecule has 0 aliphatic heterocycles. The first-order valence-electron chi connectivity index (χ1n) is 8.20. The number of nitrogens with one attached hydrogen (secondary N) is 1. The number of anilines is 1. The quantitative estimate of drug-likeness (QED) is 0.809. The van der Waals surface area contributed by atoms with Crippen LogP contribution >= 0.6 is 0 Å². The van der Waals surface area contributed by atoms with Crippen molar-refractivity contribution in [2.75, 3.05) is 18.4 Å². The van der Waals surface area contributed by atoms with Crippen molar-refractivity contribution in [2.24, 2.45) is 0 Å². The smallest absolute Gasteiger partial charge is 0.387 e. The van der Waals surface area contributed by atoms with Gasteiger partial charge in [0.15, 0.2) is 0 Å². The second-order valence-corrected chi connectivity index (χ2v) is 5.39. The van der Waals surface area contributed by atoms with Crippen LogP contribution in [0.15, 0.2) is 48.5 Å². The fourth-order valence-corrected chi connectivity index (χ4v) is 2.47. The Hall–Kier alpha value is -2.96. The molecule has 0 spiro atoms. The van der Waals surface area contributed by atoms with Gasteiger partial charge in [0, 0.05) is 24.3 Å². The molecule has 7 heteroatoms. The van der Waals surface area contributed by atoms with Crippen LogP contribution in [-0.4, -0.2) is 36.4 Å². The lowest BCUT2D eigenvalue weighted by atomic mass is 10.1. The van der Waals surface area contributed by atoms with E-state index >= 15 is 0 Å². The number of hydrogen-bond donors (Lipinski definition) is 1. The van der Waals surface area contributed by atoms with Gasteiger partial charge in [0.05, 0.1) is 5.56 Å². The maximum Gasteiger partial charge on any atom is 0.387 e. The molecule has 2 aromatic rings. The summed E-state index contributed by atoms with van der Waals surface area (Å²) in [6.45, 7) is 1.88. The lowest BCUT2D eigenvalue weighted by Crippen LogP contribution is -2.30. The molecule has 0 heterocycles. The summed E-state index contributed by atoms with van der Waals surface area (Å²) in [5, 5.41) is 2.61. The molecule has 0 aromatic heterocycles. The number of nitrogens with zero attached hydrogens (tertiary/aromatic N) is 1. The zero-order valence-corrected chi connectivity index (χ0v) is 14.5. The van der Waals surface area contributed by atoms with Crippen molar-refractivity contribution < 1.29 is 23.1 Å². The van der Waals surface area contributed by atoms with E-state index in [9.17, 15) is 18.4 Å². The van der Waals surface area contributed by atoms with E-state index in [1.54, 1.807) is 35.2 Å². The number of carbonyl (C=O) groups is 2. The minimum Gasteiger partial charge on any atom is -0.434 e. The number of halogens is 2. The van der Waals surface area contributed by atoms with Crippen LogP contribution in [0.5, 0.6) is 5.75 Å². The van der Waals surface area contributed by atoms with E-state index in [0.717, 1.165) is 0 Å². The van der Waals surface area contributed by atoms with Crippen LogP contribution in [-0.2, 0) is 0 Å². The number of amides is 2. The standard InChI is InChI=1S/C19H20F2N2O3/c1-3-23(4-2)18(25)13-8-7-9-14(12-13)22-17(24)15-10-5-6-11-16(15)26-19(20)21/h5-12,19H,3-4H2,1-2H3,(H,22,24). The first-order valence-corrected chi connectivity index (χ1v) is 8.20. The van der Waals surface area contributed by atoms with Crippen LogP contribution in [0.2, 0.25) is 0 Å². The Morgan fingerprint density at radius 3 is 2.42 bits per heavy atom. The first kappa shape index (κ1) is 19.4. The molecule has 2 amide bonds. The Morgan fingerprint density at radius 1 is 1.08 bits per heavy atom. The summed E-state index contributed by atoms with van der Waals surface area (Å²) in [4.78, 5) is 26.5. The topological polar surface area (TPSA) is 58.6 Å². The zero-order chi connectivity index (χ0) is 19.1.